The molecular weight excluding hydrogens is 274 g/mol. The maximum atomic E-state index is 12.3. The second-order valence-corrected chi connectivity index (χ2v) is 5.64. The minimum atomic E-state index is 0.0166. The molecule has 0 spiro atoms. The van der Waals surface area contributed by atoms with Crippen LogP contribution in [0.25, 0.3) is 0 Å². The molecule has 0 aliphatic carbocycles. The molecule has 1 aliphatic rings. The minimum Gasteiger partial charge on any atom is -0.337 e. The lowest BCUT2D eigenvalue weighted by Gasteiger charge is -2.34. The van der Waals surface area contributed by atoms with Gasteiger partial charge in [0.15, 0.2) is 0 Å². The van der Waals surface area contributed by atoms with Gasteiger partial charge in [0, 0.05) is 44.0 Å². The summed E-state index contributed by atoms with van der Waals surface area (Å²) >= 11 is 1.51. The standard InChI is InChI=1S/C13H15N5OS/c1-10-16-11(9-20-10)12(19)17-5-7-18(8-6-17)13-14-3-2-4-15-13/h2-4,9H,5-8H2,1H3. The van der Waals surface area contributed by atoms with Gasteiger partial charge in [-0.15, -0.1) is 11.3 Å². The predicted octanol–water partition coefficient (Wildman–Crippen LogP) is 1.20. The minimum absolute atomic E-state index is 0.0166. The van der Waals surface area contributed by atoms with Crippen LogP contribution in [-0.2, 0) is 0 Å². The first-order chi connectivity index (χ1) is 9.74. The molecule has 0 N–H and O–H groups in total. The summed E-state index contributed by atoms with van der Waals surface area (Å²) in [6, 6.07) is 1.80. The molecule has 0 unspecified atom stereocenters. The van der Waals surface area contributed by atoms with Crippen LogP contribution in [0.2, 0.25) is 0 Å². The number of thiazole rings is 1. The fourth-order valence-electron chi connectivity index (χ4n) is 2.19. The highest BCUT2D eigenvalue weighted by molar-refractivity contribution is 7.09. The van der Waals surface area contributed by atoms with Gasteiger partial charge >= 0.3 is 0 Å². The van der Waals surface area contributed by atoms with Crippen molar-refractivity contribution in [2.24, 2.45) is 0 Å². The van der Waals surface area contributed by atoms with E-state index in [1.807, 2.05) is 17.2 Å². The molecule has 0 saturated carbocycles. The van der Waals surface area contributed by atoms with Crippen molar-refractivity contribution in [1.29, 1.82) is 0 Å². The van der Waals surface area contributed by atoms with E-state index in [2.05, 4.69) is 19.9 Å². The van der Waals surface area contributed by atoms with E-state index in [0.717, 1.165) is 24.0 Å². The van der Waals surface area contributed by atoms with Crippen molar-refractivity contribution in [1.82, 2.24) is 19.9 Å². The number of hydrogen-bond acceptors (Lipinski definition) is 6. The number of carbonyl (C=O) groups is 1. The van der Waals surface area contributed by atoms with Crippen molar-refractivity contribution in [2.45, 2.75) is 6.92 Å². The number of anilines is 1. The Morgan fingerprint density at radius 1 is 1.20 bits per heavy atom. The Hall–Kier alpha value is -2.02. The summed E-state index contributed by atoms with van der Waals surface area (Å²) in [5, 5.41) is 2.74. The quantitative estimate of drug-likeness (QED) is 0.831. The predicted molar refractivity (Wildman–Crippen MR) is 77.0 cm³/mol. The van der Waals surface area contributed by atoms with Gasteiger partial charge in [-0.3, -0.25) is 4.79 Å². The molecule has 0 atom stereocenters. The maximum Gasteiger partial charge on any atom is 0.273 e. The van der Waals surface area contributed by atoms with E-state index in [1.165, 1.54) is 11.3 Å². The highest BCUT2D eigenvalue weighted by atomic mass is 32.1. The van der Waals surface area contributed by atoms with E-state index in [9.17, 15) is 4.79 Å². The Morgan fingerprint density at radius 3 is 2.50 bits per heavy atom. The lowest BCUT2D eigenvalue weighted by Crippen LogP contribution is -2.49. The van der Waals surface area contributed by atoms with E-state index in [4.69, 9.17) is 0 Å². The van der Waals surface area contributed by atoms with Crippen molar-refractivity contribution in [3.8, 4) is 0 Å². The molecule has 20 heavy (non-hydrogen) atoms. The molecule has 1 saturated heterocycles. The average Bonchev–Trinajstić information content (AvgIpc) is 2.94. The van der Waals surface area contributed by atoms with E-state index < -0.39 is 0 Å². The summed E-state index contributed by atoms with van der Waals surface area (Å²) in [7, 11) is 0. The number of aryl methyl sites for hydroxylation is 1. The number of hydrogen-bond donors (Lipinski definition) is 0. The number of rotatable bonds is 2. The molecule has 0 bridgehead atoms. The molecule has 7 heteroatoms. The van der Waals surface area contributed by atoms with Gasteiger partial charge in [-0.05, 0) is 13.0 Å². The van der Waals surface area contributed by atoms with Crippen LogP contribution < -0.4 is 4.90 Å². The van der Waals surface area contributed by atoms with Crippen molar-refractivity contribution in [3.05, 3.63) is 34.5 Å². The van der Waals surface area contributed by atoms with Gasteiger partial charge in [-0.2, -0.15) is 0 Å². The van der Waals surface area contributed by atoms with Crippen LogP contribution in [0.4, 0.5) is 5.95 Å². The SMILES string of the molecule is Cc1nc(C(=O)N2CCN(c3ncccn3)CC2)cs1. The van der Waals surface area contributed by atoms with E-state index in [-0.39, 0.29) is 5.91 Å². The summed E-state index contributed by atoms with van der Waals surface area (Å²) in [4.78, 5) is 28.9. The lowest BCUT2D eigenvalue weighted by atomic mass is 10.3. The Labute approximate surface area is 121 Å². The highest BCUT2D eigenvalue weighted by Crippen LogP contribution is 2.14. The Bertz CT molecular complexity index is 592. The molecule has 1 aliphatic heterocycles. The second-order valence-electron chi connectivity index (χ2n) is 4.58. The summed E-state index contributed by atoms with van der Waals surface area (Å²) in [6.07, 6.45) is 3.47. The molecule has 1 fully saturated rings. The van der Waals surface area contributed by atoms with Gasteiger partial charge in [0.2, 0.25) is 5.95 Å². The molecule has 0 radical (unpaired) electrons. The topological polar surface area (TPSA) is 62.2 Å². The third-order valence-electron chi connectivity index (χ3n) is 3.24. The molecule has 3 rings (SSSR count). The fourth-order valence-corrected chi connectivity index (χ4v) is 2.77. The van der Waals surface area contributed by atoms with E-state index in [1.54, 1.807) is 18.5 Å². The zero-order chi connectivity index (χ0) is 13.9. The van der Waals surface area contributed by atoms with Crippen LogP contribution in [-0.4, -0.2) is 51.9 Å². The maximum absolute atomic E-state index is 12.3. The molecule has 2 aromatic rings. The molecule has 1 amide bonds. The summed E-state index contributed by atoms with van der Waals surface area (Å²) < 4.78 is 0. The van der Waals surface area contributed by atoms with Crippen LogP contribution in [0.15, 0.2) is 23.8 Å². The van der Waals surface area contributed by atoms with Gasteiger partial charge in [-0.1, -0.05) is 0 Å². The summed E-state index contributed by atoms with van der Waals surface area (Å²) in [5.74, 6) is 0.743. The van der Waals surface area contributed by atoms with Crippen molar-refractivity contribution in [3.63, 3.8) is 0 Å². The van der Waals surface area contributed by atoms with E-state index in [0.29, 0.717) is 18.8 Å². The fraction of sp³-hybridized carbons (Fsp3) is 0.385. The van der Waals surface area contributed by atoms with E-state index >= 15 is 0 Å². The molecule has 104 valence electrons. The first-order valence-corrected chi connectivity index (χ1v) is 7.35. The average molecular weight is 289 g/mol. The lowest BCUT2D eigenvalue weighted by molar-refractivity contribution is 0.0741. The number of aromatic nitrogens is 3. The summed E-state index contributed by atoms with van der Waals surface area (Å²) in [6.45, 7) is 4.76. The van der Waals surface area contributed by atoms with Crippen LogP contribution in [0.5, 0.6) is 0 Å². The third kappa shape index (κ3) is 2.62. The zero-order valence-corrected chi connectivity index (χ0v) is 12.0. The normalized spacial score (nSPS) is 15.4. The van der Waals surface area contributed by atoms with Crippen molar-refractivity contribution < 1.29 is 4.79 Å². The molecule has 2 aromatic heterocycles. The van der Waals surface area contributed by atoms with Gasteiger partial charge in [0.05, 0.1) is 5.01 Å². The monoisotopic (exact) mass is 289 g/mol. The van der Waals surface area contributed by atoms with Crippen molar-refractivity contribution in [2.75, 3.05) is 31.1 Å². The van der Waals surface area contributed by atoms with Crippen LogP contribution >= 0.6 is 11.3 Å². The molecule has 0 aromatic carbocycles. The first kappa shape index (κ1) is 13.0. The van der Waals surface area contributed by atoms with Crippen LogP contribution in [0.1, 0.15) is 15.5 Å². The Balaban J connectivity index is 1.63. The number of piperazine rings is 1. The Kier molecular flexibility index (Phi) is 3.60. The van der Waals surface area contributed by atoms with Crippen LogP contribution in [0.3, 0.4) is 0 Å². The van der Waals surface area contributed by atoms with Gasteiger partial charge < -0.3 is 9.80 Å². The van der Waals surface area contributed by atoms with Gasteiger partial charge in [0.1, 0.15) is 5.69 Å². The Morgan fingerprint density at radius 2 is 1.90 bits per heavy atom. The number of carbonyl (C=O) groups excluding carboxylic acids is 1. The third-order valence-corrected chi connectivity index (χ3v) is 4.01. The summed E-state index contributed by atoms with van der Waals surface area (Å²) in [5.41, 5.74) is 0.553. The first-order valence-electron chi connectivity index (χ1n) is 6.47. The van der Waals surface area contributed by atoms with Gasteiger partial charge in [0.25, 0.3) is 5.91 Å². The molecular formula is C13H15N5OS. The zero-order valence-electron chi connectivity index (χ0n) is 11.2. The second kappa shape index (κ2) is 5.54. The smallest absolute Gasteiger partial charge is 0.273 e. The largest absolute Gasteiger partial charge is 0.337 e. The highest BCUT2D eigenvalue weighted by Gasteiger charge is 2.24. The number of amides is 1. The number of nitrogens with zero attached hydrogens (tertiary/aromatic N) is 5. The molecule has 3 heterocycles. The van der Waals surface area contributed by atoms with Crippen molar-refractivity contribution >= 4 is 23.2 Å². The molecule has 6 nitrogen and oxygen atoms in total. The van der Waals surface area contributed by atoms with Gasteiger partial charge in [-0.25, -0.2) is 15.0 Å². The van der Waals surface area contributed by atoms with Crippen LogP contribution in [0, 0.1) is 6.92 Å².